The number of ketones is 1. The lowest BCUT2D eigenvalue weighted by Gasteiger charge is -2.29. The number of aromatic nitrogens is 2. The maximum Gasteiger partial charge on any atom is 0.300 e. The van der Waals surface area contributed by atoms with Crippen molar-refractivity contribution in [1.29, 1.82) is 0 Å². The van der Waals surface area contributed by atoms with Crippen molar-refractivity contribution in [3.8, 4) is 5.75 Å². The van der Waals surface area contributed by atoms with Gasteiger partial charge in [-0.2, -0.15) is 0 Å². The van der Waals surface area contributed by atoms with E-state index in [1.54, 1.807) is 18.2 Å². The van der Waals surface area contributed by atoms with Crippen LogP contribution in [0.2, 0.25) is 0 Å². The summed E-state index contributed by atoms with van der Waals surface area (Å²) in [5.41, 5.74) is 0.705. The van der Waals surface area contributed by atoms with E-state index in [9.17, 15) is 14.4 Å². The number of fused-ring (bicyclic) bond motifs is 1. The minimum absolute atomic E-state index is 0.262. The highest BCUT2D eigenvalue weighted by atomic mass is 16.5. The van der Waals surface area contributed by atoms with E-state index in [1.807, 2.05) is 0 Å². The number of carbonyl (C=O) groups excluding carboxylic acids is 3. The van der Waals surface area contributed by atoms with E-state index >= 15 is 0 Å². The van der Waals surface area contributed by atoms with Crippen LogP contribution in [0.4, 0.5) is 11.5 Å². The Hall–Kier alpha value is -3.29. The second-order valence-corrected chi connectivity index (χ2v) is 7.37. The molecule has 1 fully saturated rings. The van der Waals surface area contributed by atoms with Crippen molar-refractivity contribution in [2.45, 2.75) is 38.1 Å². The molecule has 1 N–H and O–H groups in total. The highest BCUT2D eigenvalue weighted by molar-refractivity contribution is 6.53. The number of carbonyl (C=O) groups is 3. The first-order valence-electron chi connectivity index (χ1n) is 9.71. The number of anilines is 2. The Kier molecular flexibility index (Phi) is 5.24. The molecule has 0 spiro atoms. The van der Waals surface area contributed by atoms with Gasteiger partial charge < -0.3 is 10.1 Å². The molecule has 0 radical (unpaired) electrons. The summed E-state index contributed by atoms with van der Waals surface area (Å²) < 4.78 is 5.18. The van der Waals surface area contributed by atoms with Gasteiger partial charge in [0.25, 0.3) is 11.7 Å². The third kappa shape index (κ3) is 3.70. The van der Waals surface area contributed by atoms with Gasteiger partial charge in [0.05, 0.1) is 24.6 Å². The van der Waals surface area contributed by atoms with Crippen LogP contribution in [-0.4, -0.2) is 40.7 Å². The summed E-state index contributed by atoms with van der Waals surface area (Å²) in [7, 11) is 1.50. The molecule has 2 aliphatic rings. The molecule has 4 rings (SSSR count). The smallest absolute Gasteiger partial charge is 0.300 e. The predicted octanol–water partition coefficient (Wildman–Crippen LogP) is 2.60. The Labute approximate surface area is 168 Å². The lowest BCUT2D eigenvalue weighted by molar-refractivity contribution is -0.121. The average molecular weight is 394 g/mol. The zero-order valence-electron chi connectivity index (χ0n) is 16.1. The zero-order chi connectivity index (χ0) is 20.4. The van der Waals surface area contributed by atoms with Gasteiger partial charge in [-0.3, -0.25) is 24.3 Å². The van der Waals surface area contributed by atoms with E-state index in [1.165, 1.54) is 30.6 Å². The standard InChI is InChI=1S/C21H22N4O4/c1-29-14-6-7-16-15(11-14)19(26)21(28)25(16)17(10-13-4-2-3-5-13)20(27)24-18-12-22-8-9-23-18/h6-9,11-13,17H,2-5,10H2,1H3,(H,23,24,27). The Bertz CT molecular complexity index is 941. The number of benzene rings is 1. The quantitative estimate of drug-likeness (QED) is 0.756. The molecule has 8 heteroatoms. The van der Waals surface area contributed by atoms with Crippen molar-refractivity contribution in [3.63, 3.8) is 0 Å². The Morgan fingerprint density at radius 3 is 2.76 bits per heavy atom. The van der Waals surface area contributed by atoms with E-state index < -0.39 is 17.7 Å². The molecule has 2 amide bonds. The second-order valence-electron chi connectivity index (χ2n) is 7.37. The molecule has 1 aromatic heterocycles. The van der Waals surface area contributed by atoms with Crippen LogP contribution >= 0.6 is 0 Å². The SMILES string of the molecule is COc1ccc2c(c1)C(=O)C(=O)N2C(CC1CCCC1)C(=O)Nc1cnccn1. The normalized spacial score (nSPS) is 17.3. The number of nitrogens with zero attached hydrogens (tertiary/aromatic N) is 3. The number of Topliss-reactive ketones (excluding diaryl/α,β-unsaturated/α-hetero) is 1. The number of hydrogen-bond acceptors (Lipinski definition) is 6. The Morgan fingerprint density at radius 1 is 1.28 bits per heavy atom. The number of rotatable bonds is 6. The predicted molar refractivity (Wildman–Crippen MR) is 106 cm³/mol. The van der Waals surface area contributed by atoms with Crippen LogP contribution in [0.25, 0.3) is 0 Å². The molecule has 2 aromatic rings. The molecule has 1 aliphatic heterocycles. The molecule has 1 unspecified atom stereocenters. The van der Waals surface area contributed by atoms with Gasteiger partial charge >= 0.3 is 0 Å². The van der Waals surface area contributed by atoms with Gasteiger partial charge in [0.1, 0.15) is 11.8 Å². The Morgan fingerprint density at radius 2 is 2.07 bits per heavy atom. The fourth-order valence-electron chi connectivity index (χ4n) is 4.14. The van der Waals surface area contributed by atoms with E-state index in [0.717, 1.165) is 25.7 Å². The van der Waals surface area contributed by atoms with E-state index in [0.29, 0.717) is 29.6 Å². The molecule has 1 aliphatic carbocycles. The highest BCUT2D eigenvalue weighted by Crippen LogP contribution is 2.37. The molecular weight excluding hydrogens is 372 g/mol. The maximum atomic E-state index is 13.2. The maximum absolute atomic E-state index is 13.2. The van der Waals surface area contributed by atoms with Crippen molar-refractivity contribution < 1.29 is 19.1 Å². The van der Waals surface area contributed by atoms with Gasteiger partial charge in [0, 0.05) is 12.4 Å². The summed E-state index contributed by atoms with van der Waals surface area (Å²) in [5, 5.41) is 2.74. The van der Waals surface area contributed by atoms with E-state index in [4.69, 9.17) is 4.74 Å². The summed E-state index contributed by atoms with van der Waals surface area (Å²) in [5.74, 6) is -0.557. The first-order valence-corrected chi connectivity index (χ1v) is 9.71. The fraction of sp³-hybridized carbons (Fsp3) is 0.381. The van der Waals surface area contributed by atoms with Gasteiger partial charge in [-0.05, 0) is 30.5 Å². The molecule has 8 nitrogen and oxygen atoms in total. The summed E-state index contributed by atoms with van der Waals surface area (Å²) in [6, 6.07) is 4.09. The van der Waals surface area contributed by atoms with Crippen LogP contribution in [-0.2, 0) is 9.59 Å². The van der Waals surface area contributed by atoms with Gasteiger partial charge in [-0.15, -0.1) is 0 Å². The van der Waals surface area contributed by atoms with Crippen LogP contribution in [0.1, 0.15) is 42.5 Å². The van der Waals surface area contributed by atoms with Crippen molar-refractivity contribution >= 4 is 29.1 Å². The molecule has 150 valence electrons. The van der Waals surface area contributed by atoms with Crippen molar-refractivity contribution in [2.24, 2.45) is 5.92 Å². The summed E-state index contributed by atoms with van der Waals surface area (Å²) in [6.45, 7) is 0. The molecule has 29 heavy (non-hydrogen) atoms. The summed E-state index contributed by atoms with van der Waals surface area (Å²) in [6.07, 6.45) is 9.19. The average Bonchev–Trinajstić information content (AvgIpc) is 3.34. The van der Waals surface area contributed by atoms with Gasteiger partial charge in [0.15, 0.2) is 5.82 Å². The number of ether oxygens (including phenoxy) is 1. The largest absolute Gasteiger partial charge is 0.497 e. The fourth-order valence-corrected chi connectivity index (χ4v) is 4.14. The minimum Gasteiger partial charge on any atom is -0.497 e. The number of nitrogens with one attached hydrogen (secondary N) is 1. The van der Waals surface area contributed by atoms with Gasteiger partial charge in [-0.25, -0.2) is 4.98 Å². The van der Waals surface area contributed by atoms with Crippen molar-refractivity contribution in [2.75, 3.05) is 17.3 Å². The number of hydrogen-bond donors (Lipinski definition) is 1. The van der Waals surface area contributed by atoms with E-state index in [2.05, 4.69) is 15.3 Å². The molecule has 1 atom stereocenters. The van der Waals surface area contributed by atoms with Gasteiger partial charge in [0.2, 0.25) is 5.91 Å². The van der Waals surface area contributed by atoms with Crippen molar-refractivity contribution in [1.82, 2.24) is 9.97 Å². The molecule has 0 saturated heterocycles. The van der Waals surface area contributed by atoms with Gasteiger partial charge in [-0.1, -0.05) is 25.7 Å². The van der Waals surface area contributed by atoms with Crippen LogP contribution in [0.15, 0.2) is 36.8 Å². The summed E-state index contributed by atoms with van der Waals surface area (Å²) in [4.78, 5) is 48.0. The third-order valence-corrected chi connectivity index (χ3v) is 5.58. The third-order valence-electron chi connectivity index (χ3n) is 5.58. The van der Waals surface area contributed by atoms with Crippen LogP contribution in [0, 0.1) is 5.92 Å². The number of methoxy groups -OCH3 is 1. The molecule has 1 saturated carbocycles. The van der Waals surface area contributed by atoms with Crippen molar-refractivity contribution in [3.05, 3.63) is 42.4 Å². The highest BCUT2D eigenvalue weighted by Gasteiger charge is 2.43. The molecular formula is C21H22N4O4. The van der Waals surface area contributed by atoms with Crippen LogP contribution in [0.5, 0.6) is 5.75 Å². The lowest BCUT2D eigenvalue weighted by Crippen LogP contribution is -2.48. The Balaban J connectivity index is 1.68. The summed E-state index contributed by atoms with van der Waals surface area (Å²) >= 11 is 0. The minimum atomic E-state index is -0.800. The first kappa shape index (κ1) is 19.0. The molecule has 2 heterocycles. The molecule has 1 aromatic carbocycles. The van der Waals surface area contributed by atoms with Crippen LogP contribution in [0.3, 0.4) is 0 Å². The topological polar surface area (TPSA) is 101 Å². The molecule has 0 bridgehead atoms. The first-order chi connectivity index (χ1) is 14.1. The monoisotopic (exact) mass is 394 g/mol. The second kappa shape index (κ2) is 7.98. The zero-order valence-corrected chi connectivity index (χ0v) is 16.1. The van der Waals surface area contributed by atoms with E-state index in [-0.39, 0.29) is 11.5 Å². The lowest BCUT2D eigenvalue weighted by atomic mass is 9.96. The van der Waals surface area contributed by atoms with Crippen LogP contribution < -0.4 is 15.0 Å². The number of amides is 2.